The van der Waals surface area contributed by atoms with E-state index in [9.17, 15) is 4.79 Å². The highest BCUT2D eigenvalue weighted by atomic mass is 35.5. The number of halogens is 2. The normalized spacial score (nSPS) is 13.8. The van der Waals surface area contributed by atoms with Crippen molar-refractivity contribution in [3.63, 3.8) is 0 Å². The molecule has 8 nitrogen and oxygen atoms in total. The van der Waals surface area contributed by atoms with E-state index in [2.05, 4.69) is 30.2 Å². The van der Waals surface area contributed by atoms with Crippen molar-refractivity contribution in [2.45, 2.75) is 45.1 Å². The molecule has 1 fully saturated rings. The van der Waals surface area contributed by atoms with Crippen LogP contribution in [-0.2, 0) is 6.42 Å². The van der Waals surface area contributed by atoms with Crippen LogP contribution in [0.3, 0.4) is 0 Å². The van der Waals surface area contributed by atoms with Gasteiger partial charge in [-0.05, 0) is 25.0 Å². The van der Waals surface area contributed by atoms with Gasteiger partial charge in [0.05, 0.1) is 10.0 Å². The Hall–Kier alpha value is -2.45. The zero-order valence-electron chi connectivity index (χ0n) is 16.1. The molecule has 0 atom stereocenters. The third-order valence-corrected chi connectivity index (χ3v) is 5.33. The van der Waals surface area contributed by atoms with Gasteiger partial charge in [0.1, 0.15) is 23.7 Å². The second-order valence-corrected chi connectivity index (χ2v) is 8.14. The third-order valence-electron chi connectivity index (χ3n) is 4.72. The molecule has 0 unspecified atom stereocenters. The quantitative estimate of drug-likeness (QED) is 0.614. The zero-order valence-corrected chi connectivity index (χ0v) is 17.7. The Morgan fingerprint density at radius 2 is 2.00 bits per heavy atom. The SMILES string of the molecule is CC(C)c1nc(C(=O)NCCc2nncn2C2CC2)nn1-c1c(Cl)cccc1Cl. The summed E-state index contributed by atoms with van der Waals surface area (Å²) in [5.74, 6) is 1.23. The molecular formula is C19H21Cl2N7O. The van der Waals surface area contributed by atoms with Gasteiger partial charge in [-0.2, -0.15) is 0 Å². The number of carbonyl (C=O) groups is 1. The highest BCUT2D eigenvalue weighted by Crippen LogP contribution is 2.35. The van der Waals surface area contributed by atoms with E-state index in [1.807, 2.05) is 13.8 Å². The number of hydrogen-bond acceptors (Lipinski definition) is 5. The van der Waals surface area contributed by atoms with Gasteiger partial charge in [0.15, 0.2) is 0 Å². The molecule has 1 aliphatic carbocycles. The van der Waals surface area contributed by atoms with Crippen molar-refractivity contribution in [3.8, 4) is 5.69 Å². The van der Waals surface area contributed by atoms with Crippen molar-refractivity contribution in [2.75, 3.05) is 6.54 Å². The summed E-state index contributed by atoms with van der Waals surface area (Å²) in [5.41, 5.74) is 0.517. The van der Waals surface area contributed by atoms with Crippen LogP contribution in [0.2, 0.25) is 10.0 Å². The van der Waals surface area contributed by atoms with Crippen LogP contribution >= 0.6 is 23.2 Å². The summed E-state index contributed by atoms with van der Waals surface area (Å²) in [5, 5.41) is 16.2. The number of benzene rings is 1. The maximum atomic E-state index is 12.6. The van der Waals surface area contributed by atoms with E-state index in [1.54, 1.807) is 29.2 Å². The van der Waals surface area contributed by atoms with E-state index >= 15 is 0 Å². The molecule has 1 aliphatic rings. The van der Waals surface area contributed by atoms with Crippen molar-refractivity contribution in [3.05, 3.63) is 52.0 Å². The second-order valence-electron chi connectivity index (χ2n) is 7.32. The average Bonchev–Trinajstić information content (AvgIpc) is 3.24. The van der Waals surface area contributed by atoms with E-state index in [0.29, 0.717) is 40.6 Å². The number of nitrogens with zero attached hydrogens (tertiary/aromatic N) is 6. The van der Waals surface area contributed by atoms with Gasteiger partial charge in [0, 0.05) is 24.9 Å². The van der Waals surface area contributed by atoms with Crippen LogP contribution < -0.4 is 5.32 Å². The predicted octanol–water partition coefficient (Wildman–Crippen LogP) is 3.60. The highest BCUT2D eigenvalue weighted by Gasteiger charge is 2.26. The standard InChI is InChI=1S/C19H21Cl2N7O/c1-11(2)18-24-17(26-28(18)16-13(20)4-3-5-14(16)21)19(29)22-9-8-15-25-23-10-27(15)12-6-7-12/h3-5,10-12H,6-9H2,1-2H3,(H,22,29). The van der Waals surface area contributed by atoms with Crippen molar-refractivity contribution in [1.29, 1.82) is 0 Å². The Morgan fingerprint density at radius 3 is 2.66 bits per heavy atom. The van der Waals surface area contributed by atoms with Crippen LogP contribution in [0, 0.1) is 0 Å². The number of para-hydroxylation sites is 1. The summed E-state index contributed by atoms with van der Waals surface area (Å²) < 4.78 is 3.63. The number of aromatic nitrogens is 6. The third kappa shape index (κ3) is 4.13. The number of amides is 1. The first-order chi connectivity index (χ1) is 14.0. The Kier molecular flexibility index (Phi) is 5.56. The molecule has 0 bridgehead atoms. The summed E-state index contributed by atoms with van der Waals surface area (Å²) in [6, 6.07) is 5.71. The van der Waals surface area contributed by atoms with Crippen LogP contribution in [0.25, 0.3) is 5.69 Å². The molecule has 4 rings (SSSR count). The summed E-state index contributed by atoms with van der Waals surface area (Å²) in [7, 11) is 0. The molecule has 0 saturated heterocycles. The lowest BCUT2D eigenvalue weighted by Gasteiger charge is -2.11. The van der Waals surface area contributed by atoms with Crippen molar-refractivity contribution in [1.82, 2.24) is 34.8 Å². The molecule has 10 heteroatoms. The van der Waals surface area contributed by atoms with Crippen LogP contribution in [0.1, 0.15) is 60.9 Å². The molecule has 2 heterocycles. The Morgan fingerprint density at radius 1 is 1.28 bits per heavy atom. The maximum absolute atomic E-state index is 12.6. The second kappa shape index (κ2) is 8.12. The topological polar surface area (TPSA) is 90.5 Å². The highest BCUT2D eigenvalue weighted by molar-refractivity contribution is 6.37. The van der Waals surface area contributed by atoms with Crippen LogP contribution in [0.4, 0.5) is 0 Å². The molecule has 152 valence electrons. The fraction of sp³-hybridized carbons (Fsp3) is 0.421. The number of carbonyl (C=O) groups excluding carboxylic acids is 1. The van der Waals surface area contributed by atoms with Gasteiger partial charge in [0.25, 0.3) is 5.91 Å². The molecule has 29 heavy (non-hydrogen) atoms. The van der Waals surface area contributed by atoms with Gasteiger partial charge in [-0.1, -0.05) is 43.1 Å². The van der Waals surface area contributed by atoms with Gasteiger partial charge in [-0.15, -0.1) is 15.3 Å². The van der Waals surface area contributed by atoms with Gasteiger partial charge in [-0.25, -0.2) is 9.67 Å². The minimum atomic E-state index is -0.355. The number of hydrogen-bond donors (Lipinski definition) is 1. The lowest BCUT2D eigenvalue weighted by atomic mass is 10.2. The van der Waals surface area contributed by atoms with E-state index < -0.39 is 0 Å². The lowest BCUT2D eigenvalue weighted by Crippen LogP contribution is -2.27. The molecule has 0 radical (unpaired) electrons. The van der Waals surface area contributed by atoms with E-state index in [1.165, 1.54) is 0 Å². The first-order valence-electron chi connectivity index (χ1n) is 9.53. The van der Waals surface area contributed by atoms with Crippen LogP contribution in [-0.4, -0.2) is 42.0 Å². The van der Waals surface area contributed by atoms with E-state index in [-0.39, 0.29) is 17.6 Å². The Bertz CT molecular complexity index is 1020. The summed E-state index contributed by atoms with van der Waals surface area (Å²) in [4.78, 5) is 17.1. The summed E-state index contributed by atoms with van der Waals surface area (Å²) in [6.45, 7) is 4.36. The monoisotopic (exact) mass is 433 g/mol. The fourth-order valence-electron chi connectivity index (χ4n) is 3.12. The smallest absolute Gasteiger partial charge is 0.290 e. The fourth-order valence-corrected chi connectivity index (χ4v) is 3.68. The molecular weight excluding hydrogens is 413 g/mol. The molecule has 1 N–H and O–H groups in total. The average molecular weight is 434 g/mol. The Labute approximate surface area is 178 Å². The summed E-state index contributed by atoms with van der Waals surface area (Å²) in [6.07, 6.45) is 4.65. The molecule has 3 aromatic rings. The van der Waals surface area contributed by atoms with E-state index in [4.69, 9.17) is 23.2 Å². The maximum Gasteiger partial charge on any atom is 0.290 e. The van der Waals surface area contributed by atoms with Gasteiger partial charge < -0.3 is 9.88 Å². The molecule has 0 spiro atoms. The minimum Gasteiger partial charge on any atom is -0.349 e. The zero-order chi connectivity index (χ0) is 20.5. The van der Waals surface area contributed by atoms with Crippen LogP contribution in [0.5, 0.6) is 0 Å². The lowest BCUT2D eigenvalue weighted by molar-refractivity contribution is 0.0943. The first-order valence-corrected chi connectivity index (χ1v) is 10.3. The summed E-state index contributed by atoms with van der Waals surface area (Å²) >= 11 is 12.7. The predicted molar refractivity (Wildman–Crippen MR) is 110 cm³/mol. The number of nitrogens with one attached hydrogen (secondary N) is 1. The van der Waals surface area contributed by atoms with E-state index in [0.717, 1.165) is 18.7 Å². The molecule has 1 amide bonds. The van der Waals surface area contributed by atoms with Crippen LogP contribution in [0.15, 0.2) is 24.5 Å². The van der Waals surface area contributed by atoms with Gasteiger partial charge in [-0.3, -0.25) is 4.79 Å². The molecule has 2 aromatic heterocycles. The van der Waals surface area contributed by atoms with Gasteiger partial charge >= 0.3 is 0 Å². The van der Waals surface area contributed by atoms with Crippen molar-refractivity contribution >= 4 is 29.1 Å². The Balaban J connectivity index is 1.51. The van der Waals surface area contributed by atoms with Crippen molar-refractivity contribution in [2.24, 2.45) is 0 Å². The minimum absolute atomic E-state index is 0.0217. The number of rotatable bonds is 7. The molecule has 1 saturated carbocycles. The van der Waals surface area contributed by atoms with Gasteiger partial charge in [0.2, 0.25) is 5.82 Å². The first kappa shape index (κ1) is 19.8. The molecule has 0 aliphatic heterocycles. The largest absolute Gasteiger partial charge is 0.349 e. The molecule has 1 aromatic carbocycles. The van der Waals surface area contributed by atoms with Crippen molar-refractivity contribution < 1.29 is 4.79 Å².